The Morgan fingerprint density at radius 2 is 1.21 bits per heavy atom. The van der Waals surface area contributed by atoms with Crippen LogP contribution in [0.25, 0.3) is 0 Å². The minimum Gasteiger partial charge on any atom is -0.407 e. The zero-order chi connectivity index (χ0) is 19.6. The molecule has 0 spiro atoms. The molecule has 0 radical (unpaired) electrons. The third-order valence-corrected chi connectivity index (χ3v) is 11.1. The molecule has 0 amide bonds. The smallest absolute Gasteiger partial charge is 0.261 e. The quantitative estimate of drug-likeness (QED) is 0.518. The Morgan fingerprint density at radius 1 is 0.750 bits per heavy atom. The lowest BCUT2D eigenvalue weighted by atomic mass is 10.1. The van der Waals surface area contributed by atoms with E-state index in [0.717, 1.165) is 6.61 Å². The van der Waals surface area contributed by atoms with Crippen molar-refractivity contribution in [3.8, 4) is 0 Å². The Morgan fingerprint density at radius 3 is 1.68 bits per heavy atom. The number of benzene rings is 3. The van der Waals surface area contributed by atoms with Crippen LogP contribution in [0.2, 0.25) is 5.04 Å². The summed E-state index contributed by atoms with van der Waals surface area (Å²) in [5.41, 5.74) is 1.46. The highest BCUT2D eigenvalue weighted by molar-refractivity contribution is 6.99. The van der Waals surface area contributed by atoms with Gasteiger partial charge in [-0.2, -0.15) is 0 Å². The Bertz CT molecular complexity index is 844. The van der Waals surface area contributed by atoms with Crippen molar-refractivity contribution < 1.29 is 4.43 Å². The van der Waals surface area contributed by atoms with Crippen molar-refractivity contribution in [3.05, 3.63) is 96.6 Å². The first-order valence-electron chi connectivity index (χ1n) is 10.3. The van der Waals surface area contributed by atoms with Crippen LogP contribution >= 0.6 is 0 Å². The maximum Gasteiger partial charge on any atom is 0.261 e. The molecule has 3 aromatic rings. The molecule has 144 valence electrons. The van der Waals surface area contributed by atoms with Crippen molar-refractivity contribution >= 4 is 18.7 Å². The van der Waals surface area contributed by atoms with Crippen LogP contribution in [0.1, 0.15) is 38.7 Å². The summed E-state index contributed by atoms with van der Waals surface area (Å²) in [7, 11) is -2.40. The second-order valence-corrected chi connectivity index (χ2v) is 13.3. The highest BCUT2D eigenvalue weighted by Crippen LogP contribution is 2.48. The van der Waals surface area contributed by atoms with Crippen LogP contribution in [-0.2, 0) is 4.43 Å². The van der Waals surface area contributed by atoms with E-state index in [4.69, 9.17) is 4.43 Å². The van der Waals surface area contributed by atoms with E-state index in [0.29, 0.717) is 11.8 Å². The van der Waals surface area contributed by atoms with Crippen LogP contribution in [0.5, 0.6) is 0 Å². The molecule has 0 saturated heterocycles. The molecule has 4 rings (SSSR count). The summed E-state index contributed by atoms with van der Waals surface area (Å²) in [5.74, 6) is 1.28. The fourth-order valence-corrected chi connectivity index (χ4v) is 9.15. The molecule has 2 heteroatoms. The largest absolute Gasteiger partial charge is 0.407 e. The molecule has 3 aromatic carbocycles. The predicted molar refractivity (Wildman–Crippen MR) is 121 cm³/mol. The zero-order valence-corrected chi connectivity index (χ0v) is 18.1. The number of hydrogen-bond acceptors (Lipinski definition) is 1. The molecule has 0 aliphatic heterocycles. The molecule has 1 nitrogen and oxygen atoms in total. The van der Waals surface area contributed by atoms with Gasteiger partial charge in [0.25, 0.3) is 8.32 Å². The third kappa shape index (κ3) is 3.59. The van der Waals surface area contributed by atoms with Crippen LogP contribution in [-0.4, -0.2) is 14.9 Å². The van der Waals surface area contributed by atoms with Crippen LogP contribution in [0.4, 0.5) is 0 Å². The summed E-state index contributed by atoms with van der Waals surface area (Å²) < 4.78 is 7.08. The van der Waals surface area contributed by atoms with E-state index in [1.807, 2.05) is 0 Å². The molecule has 0 heterocycles. The van der Waals surface area contributed by atoms with E-state index in [1.54, 1.807) is 0 Å². The first-order valence-corrected chi connectivity index (χ1v) is 12.2. The van der Waals surface area contributed by atoms with E-state index < -0.39 is 8.32 Å². The van der Waals surface area contributed by atoms with E-state index in [1.165, 1.54) is 22.4 Å². The summed E-state index contributed by atoms with van der Waals surface area (Å²) >= 11 is 0. The van der Waals surface area contributed by atoms with Crippen molar-refractivity contribution in [1.29, 1.82) is 0 Å². The van der Waals surface area contributed by atoms with E-state index in [2.05, 4.69) is 112 Å². The lowest BCUT2D eigenvalue weighted by Crippen LogP contribution is -2.66. The second-order valence-electron chi connectivity index (χ2n) is 8.99. The normalized spacial score (nSPS) is 19.4. The molecule has 0 N–H and O–H groups in total. The van der Waals surface area contributed by atoms with Crippen molar-refractivity contribution in [3.63, 3.8) is 0 Å². The summed E-state index contributed by atoms with van der Waals surface area (Å²) in [6, 6.07) is 32.8. The first-order chi connectivity index (χ1) is 13.5. The van der Waals surface area contributed by atoms with Gasteiger partial charge < -0.3 is 4.43 Å². The van der Waals surface area contributed by atoms with E-state index >= 15 is 0 Å². The van der Waals surface area contributed by atoms with Crippen LogP contribution in [0.15, 0.2) is 91.0 Å². The van der Waals surface area contributed by atoms with Crippen molar-refractivity contribution in [1.82, 2.24) is 0 Å². The van der Waals surface area contributed by atoms with Crippen molar-refractivity contribution in [2.24, 2.45) is 5.92 Å². The Balaban J connectivity index is 1.66. The van der Waals surface area contributed by atoms with Gasteiger partial charge in [-0.25, -0.2) is 0 Å². The van der Waals surface area contributed by atoms with Gasteiger partial charge in [-0.15, -0.1) is 0 Å². The minimum atomic E-state index is -2.40. The Hall–Kier alpha value is -2.16. The molecular weight excluding hydrogens is 356 g/mol. The van der Waals surface area contributed by atoms with Crippen LogP contribution in [0.3, 0.4) is 0 Å². The summed E-state index contributed by atoms with van der Waals surface area (Å²) in [6.07, 6.45) is 1.24. The fourth-order valence-electron chi connectivity index (χ4n) is 4.53. The predicted octanol–water partition coefficient (Wildman–Crippen LogP) is 5.37. The molecule has 1 saturated carbocycles. The SMILES string of the molecule is CC(C)(C)[Si](OC[C@H]1C[C@H]1c1ccccc1)(c1ccccc1)c1ccccc1. The zero-order valence-electron chi connectivity index (χ0n) is 17.1. The third-order valence-electron chi connectivity index (χ3n) is 6.08. The maximum atomic E-state index is 7.08. The minimum absolute atomic E-state index is 0.0485. The van der Waals surface area contributed by atoms with Gasteiger partial charge in [-0.05, 0) is 39.2 Å². The highest BCUT2D eigenvalue weighted by atomic mass is 28.4. The monoisotopic (exact) mass is 386 g/mol. The van der Waals surface area contributed by atoms with Gasteiger partial charge in [0, 0.05) is 6.61 Å². The van der Waals surface area contributed by atoms with Crippen LogP contribution in [0, 0.1) is 5.92 Å². The summed E-state index contributed by atoms with van der Waals surface area (Å²) in [6.45, 7) is 7.88. The summed E-state index contributed by atoms with van der Waals surface area (Å²) in [4.78, 5) is 0. The highest BCUT2D eigenvalue weighted by Gasteiger charge is 2.51. The molecule has 2 atom stereocenters. The molecule has 1 aliphatic carbocycles. The Kier molecular flexibility index (Phi) is 5.26. The average Bonchev–Trinajstić information content (AvgIpc) is 3.49. The van der Waals surface area contributed by atoms with E-state index in [-0.39, 0.29) is 5.04 Å². The van der Waals surface area contributed by atoms with Gasteiger partial charge in [0.15, 0.2) is 0 Å². The maximum absolute atomic E-state index is 7.08. The summed E-state index contributed by atoms with van der Waals surface area (Å²) in [5, 5.41) is 2.78. The van der Waals surface area contributed by atoms with Crippen molar-refractivity contribution in [2.75, 3.05) is 6.61 Å². The number of rotatable bonds is 6. The van der Waals surface area contributed by atoms with Crippen molar-refractivity contribution in [2.45, 2.75) is 38.1 Å². The fraction of sp³-hybridized carbons (Fsp3) is 0.308. The molecule has 0 aromatic heterocycles. The first kappa shape index (κ1) is 19.2. The van der Waals surface area contributed by atoms with Gasteiger partial charge in [0.1, 0.15) is 0 Å². The van der Waals surface area contributed by atoms with Crippen LogP contribution < -0.4 is 10.4 Å². The molecular formula is C26H30OSi. The topological polar surface area (TPSA) is 9.23 Å². The lowest BCUT2D eigenvalue weighted by molar-refractivity contribution is 0.279. The Labute approximate surface area is 170 Å². The van der Waals surface area contributed by atoms with Gasteiger partial charge in [-0.3, -0.25) is 0 Å². The molecule has 28 heavy (non-hydrogen) atoms. The molecule has 1 fully saturated rings. The second kappa shape index (κ2) is 7.69. The number of hydrogen-bond donors (Lipinski definition) is 0. The molecule has 1 aliphatic rings. The molecule has 0 bridgehead atoms. The van der Waals surface area contributed by atoms with Gasteiger partial charge in [0.05, 0.1) is 0 Å². The van der Waals surface area contributed by atoms with Gasteiger partial charge in [-0.1, -0.05) is 112 Å². The van der Waals surface area contributed by atoms with Gasteiger partial charge >= 0.3 is 0 Å². The standard InChI is InChI=1S/C26H30OSi/c1-26(2,3)28(23-15-9-5-10-16-23,24-17-11-6-12-18-24)27-20-22-19-25(22)21-13-7-4-8-14-21/h4-18,22,25H,19-20H2,1-3H3/t22-,25+/m1/s1. The average molecular weight is 387 g/mol. The van der Waals surface area contributed by atoms with Gasteiger partial charge in [0.2, 0.25) is 0 Å². The lowest BCUT2D eigenvalue weighted by Gasteiger charge is -2.43. The van der Waals surface area contributed by atoms with E-state index in [9.17, 15) is 0 Å². The molecule has 0 unspecified atom stereocenters.